The number of phenolic OH excluding ortho intramolecular Hbond substituents is 1. The van der Waals surface area contributed by atoms with E-state index < -0.39 is 0 Å². The van der Waals surface area contributed by atoms with Crippen LogP contribution in [-0.2, 0) is 4.84 Å². The Morgan fingerprint density at radius 2 is 2.00 bits per heavy atom. The molecule has 64 valence electrons. The molecular formula is C8H8BrNO2. The Balaban J connectivity index is 2.89. The van der Waals surface area contributed by atoms with Gasteiger partial charge in [0.2, 0.25) is 0 Å². The van der Waals surface area contributed by atoms with Crippen LogP contribution >= 0.6 is 15.9 Å². The Bertz CT molecular complexity index is 282. The van der Waals surface area contributed by atoms with Gasteiger partial charge in [-0.2, -0.15) is 0 Å². The fourth-order valence-corrected chi connectivity index (χ4v) is 1.14. The number of oxime groups is 1. The van der Waals surface area contributed by atoms with Gasteiger partial charge < -0.3 is 9.94 Å². The van der Waals surface area contributed by atoms with Crippen LogP contribution in [0.15, 0.2) is 29.4 Å². The molecule has 0 aliphatic carbocycles. The van der Waals surface area contributed by atoms with Crippen molar-refractivity contribution in [3.63, 3.8) is 0 Å². The lowest BCUT2D eigenvalue weighted by molar-refractivity contribution is 0.215. The second-order valence-electron chi connectivity index (χ2n) is 2.11. The number of halogens is 1. The minimum atomic E-state index is 0.233. The average Bonchev–Trinajstić information content (AvgIpc) is 2.06. The molecule has 0 aliphatic rings. The molecule has 1 N–H and O–H groups in total. The number of phenols is 1. The maximum absolute atomic E-state index is 8.98. The molecule has 1 aromatic rings. The smallest absolute Gasteiger partial charge is 0.152 e. The van der Waals surface area contributed by atoms with Gasteiger partial charge in [0, 0.05) is 5.56 Å². The summed E-state index contributed by atoms with van der Waals surface area (Å²) in [5.74, 6) is 0.233. The lowest BCUT2D eigenvalue weighted by Crippen LogP contribution is -1.89. The Labute approximate surface area is 78.8 Å². The van der Waals surface area contributed by atoms with Crippen LogP contribution in [0.5, 0.6) is 5.75 Å². The Hall–Kier alpha value is -1.03. The molecule has 12 heavy (non-hydrogen) atoms. The van der Waals surface area contributed by atoms with Gasteiger partial charge in [-0.25, -0.2) is 0 Å². The van der Waals surface area contributed by atoms with Gasteiger partial charge in [0.15, 0.2) is 4.62 Å². The summed E-state index contributed by atoms with van der Waals surface area (Å²) >= 11 is 3.21. The highest BCUT2D eigenvalue weighted by molar-refractivity contribution is 9.18. The van der Waals surface area contributed by atoms with Gasteiger partial charge in [0.1, 0.15) is 12.9 Å². The zero-order valence-electron chi connectivity index (χ0n) is 6.49. The third-order valence-electron chi connectivity index (χ3n) is 1.28. The topological polar surface area (TPSA) is 41.8 Å². The Morgan fingerprint density at radius 3 is 2.50 bits per heavy atom. The molecule has 0 radical (unpaired) electrons. The highest BCUT2D eigenvalue weighted by atomic mass is 79.9. The zero-order chi connectivity index (χ0) is 8.97. The normalized spacial score (nSPS) is 11.3. The van der Waals surface area contributed by atoms with E-state index in [-0.39, 0.29) is 5.75 Å². The Morgan fingerprint density at radius 1 is 1.42 bits per heavy atom. The molecule has 0 aliphatic heterocycles. The molecule has 0 saturated heterocycles. The van der Waals surface area contributed by atoms with E-state index >= 15 is 0 Å². The number of hydrogen-bond acceptors (Lipinski definition) is 3. The summed E-state index contributed by atoms with van der Waals surface area (Å²) in [6, 6.07) is 6.65. The second kappa shape index (κ2) is 4.11. The van der Waals surface area contributed by atoms with Gasteiger partial charge in [0.05, 0.1) is 0 Å². The van der Waals surface area contributed by atoms with Crippen LogP contribution in [0.25, 0.3) is 0 Å². The fraction of sp³-hybridized carbons (Fsp3) is 0.125. The van der Waals surface area contributed by atoms with Gasteiger partial charge in [-0.3, -0.25) is 0 Å². The molecule has 0 aromatic heterocycles. The lowest BCUT2D eigenvalue weighted by atomic mass is 10.2. The van der Waals surface area contributed by atoms with Crippen LogP contribution in [-0.4, -0.2) is 16.8 Å². The number of rotatable bonds is 2. The van der Waals surface area contributed by atoms with E-state index in [0.717, 1.165) is 5.56 Å². The minimum Gasteiger partial charge on any atom is -0.508 e. The molecule has 1 aromatic carbocycles. The number of hydrogen-bond donors (Lipinski definition) is 1. The van der Waals surface area contributed by atoms with Crippen molar-refractivity contribution < 1.29 is 9.94 Å². The Kier molecular flexibility index (Phi) is 3.10. The van der Waals surface area contributed by atoms with E-state index in [1.165, 1.54) is 7.11 Å². The van der Waals surface area contributed by atoms with Crippen LogP contribution in [0.2, 0.25) is 0 Å². The summed E-state index contributed by atoms with van der Waals surface area (Å²) in [6.45, 7) is 0. The monoisotopic (exact) mass is 229 g/mol. The lowest BCUT2D eigenvalue weighted by Gasteiger charge is -1.97. The molecule has 0 spiro atoms. The molecule has 0 fully saturated rings. The highest BCUT2D eigenvalue weighted by Crippen LogP contribution is 2.12. The first-order valence-corrected chi connectivity index (χ1v) is 4.09. The molecule has 0 bridgehead atoms. The van der Waals surface area contributed by atoms with Crippen LogP contribution in [0.1, 0.15) is 5.56 Å². The van der Waals surface area contributed by atoms with E-state index in [9.17, 15) is 0 Å². The van der Waals surface area contributed by atoms with E-state index in [4.69, 9.17) is 5.11 Å². The summed E-state index contributed by atoms with van der Waals surface area (Å²) in [6.07, 6.45) is 0. The van der Waals surface area contributed by atoms with Crippen LogP contribution in [0.4, 0.5) is 0 Å². The van der Waals surface area contributed by atoms with Gasteiger partial charge in [0.25, 0.3) is 0 Å². The number of aromatic hydroxyl groups is 1. The van der Waals surface area contributed by atoms with Crippen LogP contribution in [0, 0.1) is 0 Å². The summed E-state index contributed by atoms with van der Waals surface area (Å²) in [7, 11) is 1.47. The van der Waals surface area contributed by atoms with E-state index in [0.29, 0.717) is 4.62 Å². The van der Waals surface area contributed by atoms with Gasteiger partial charge in [-0.15, -0.1) is 0 Å². The highest BCUT2D eigenvalue weighted by Gasteiger charge is 1.98. The molecule has 1 rings (SSSR count). The van der Waals surface area contributed by atoms with Crippen molar-refractivity contribution in [3.8, 4) is 5.75 Å². The maximum atomic E-state index is 8.98. The van der Waals surface area contributed by atoms with Crippen molar-refractivity contribution in [3.05, 3.63) is 29.8 Å². The standard InChI is InChI=1S/C8H8BrNO2/c1-12-10-8(9)6-2-4-7(11)5-3-6/h2-5,11H,1H3/b10-8-. The van der Waals surface area contributed by atoms with E-state index in [1.807, 2.05) is 0 Å². The first-order valence-electron chi connectivity index (χ1n) is 3.30. The molecule has 0 saturated carbocycles. The first-order chi connectivity index (χ1) is 5.74. The average molecular weight is 230 g/mol. The van der Waals surface area contributed by atoms with Crippen molar-refractivity contribution in [1.82, 2.24) is 0 Å². The molecular weight excluding hydrogens is 222 g/mol. The molecule has 0 unspecified atom stereocenters. The van der Waals surface area contributed by atoms with Gasteiger partial charge in [-0.1, -0.05) is 5.16 Å². The minimum absolute atomic E-state index is 0.233. The molecule has 0 atom stereocenters. The maximum Gasteiger partial charge on any atom is 0.152 e. The van der Waals surface area contributed by atoms with Crippen LogP contribution < -0.4 is 0 Å². The van der Waals surface area contributed by atoms with Gasteiger partial charge in [-0.05, 0) is 40.2 Å². The summed E-state index contributed by atoms with van der Waals surface area (Å²) < 4.78 is 0.602. The molecule has 0 heterocycles. The summed E-state index contributed by atoms with van der Waals surface area (Å²) in [5.41, 5.74) is 0.856. The third-order valence-corrected chi connectivity index (χ3v) is 1.88. The fourth-order valence-electron chi connectivity index (χ4n) is 0.732. The van der Waals surface area contributed by atoms with Crippen molar-refractivity contribution in [2.75, 3.05) is 7.11 Å². The summed E-state index contributed by atoms with van der Waals surface area (Å²) in [5, 5.41) is 12.7. The summed E-state index contributed by atoms with van der Waals surface area (Å²) in [4.78, 5) is 4.57. The third kappa shape index (κ3) is 2.23. The molecule has 0 amide bonds. The van der Waals surface area contributed by atoms with Crippen LogP contribution in [0.3, 0.4) is 0 Å². The van der Waals surface area contributed by atoms with E-state index in [2.05, 4.69) is 25.9 Å². The largest absolute Gasteiger partial charge is 0.508 e. The van der Waals surface area contributed by atoms with Crippen molar-refractivity contribution in [1.29, 1.82) is 0 Å². The van der Waals surface area contributed by atoms with E-state index in [1.54, 1.807) is 24.3 Å². The zero-order valence-corrected chi connectivity index (χ0v) is 8.08. The molecule has 3 nitrogen and oxygen atoms in total. The van der Waals surface area contributed by atoms with Crippen molar-refractivity contribution in [2.45, 2.75) is 0 Å². The predicted molar refractivity (Wildman–Crippen MR) is 50.6 cm³/mol. The number of benzene rings is 1. The quantitative estimate of drug-likeness (QED) is 0.624. The predicted octanol–water partition coefficient (Wildman–Crippen LogP) is 2.10. The second-order valence-corrected chi connectivity index (χ2v) is 2.86. The molecule has 4 heteroatoms. The SMILES string of the molecule is CO/N=C(\Br)c1ccc(O)cc1. The van der Waals surface area contributed by atoms with Gasteiger partial charge >= 0.3 is 0 Å². The number of nitrogens with zero attached hydrogens (tertiary/aromatic N) is 1. The first kappa shape index (κ1) is 9.06. The van der Waals surface area contributed by atoms with Crippen molar-refractivity contribution in [2.24, 2.45) is 5.16 Å². The van der Waals surface area contributed by atoms with Crippen molar-refractivity contribution >= 4 is 20.6 Å².